The molecule has 8 nitrogen and oxygen atoms in total. The lowest BCUT2D eigenvalue weighted by Gasteiger charge is -2.24. The summed E-state index contributed by atoms with van der Waals surface area (Å²) >= 11 is 0. The Bertz CT molecular complexity index is 1170. The minimum absolute atomic E-state index is 0.224. The number of unbranched alkanes of at least 4 members (excludes halogenated alkanes) is 1. The van der Waals surface area contributed by atoms with E-state index in [-0.39, 0.29) is 19.4 Å². The second kappa shape index (κ2) is 13.2. The minimum Gasteiger partial charge on any atom is -0.480 e. The Morgan fingerprint density at radius 2 is 1.92 bits per heavy atom. The second-order valence-electron chi connectivity index (χ2n) is 9.38. The van der Waals surface area contributed by atoms with E-state index >= 15 is 0 Å². The van der Waals surface area contributed by atoms with Gasteiger partial charge in [0.1, 0.15) is 24.0 Å². The Labute approximate surface area is 215 Å². The number of aromatic nitrogens is 3. The van der Waals surface area contributed by atoms with Crippen LogP contribution in [0.15, 0.2) is 42.7 Å². The largest absolute Gasteiger partial charge is 0.480 e. The summed E-state index contributed by atoms with van der Waals surface area (Å²) in [6, 6.07) is 10.7. The summed E-state index contributed by atoms with van der Waals surface area (Å²) in [5.74, 6) is 0.416. The number of carboxylic acid groups (broad SMARTS) is 1. The number of nitrogens with one attached hydrogen (secondary N) is 2. The van der Waals surface area contributed by atoms with Gasteiger partial charge in [0.05, 0.1) is 5.52 Å². The number of rotatable bonds is 14. The Morgan fingerprint density at radius 3 is 2.76 bits per heavy atom. The van der Waals surface area contributed by atoms with Gasteiger partial charge in [-0.15, -0.1) is 0 Å². The number of halogens is 2. The molecule has 0 bridgehead atoms. The van der Waals surface area contributed by atoms with Crippen LogP contribution in [-0.2, 0) is 17.6 Å². The molecule has 0 saturated heterocycles. The van der Waals surface area contributed by atoms with Crippen LogP contribution in [0.25, 0.3) is 10.9 Å². The van der Waals surface area contributed by atoms with Crippen molar-refractivity contribution in [2.75, 3.05) is 36.8 Å². The van der Waals surface area contributed by atoms with Crippen molar-refractivity contribution in [3.8, 4) is 0 Å². The van der Waals surface area contributed by atoms with Gasteiger partial charge in [-0.3, -0.25) is 0 Å². The molecule has 3 N–H and O–H groups in total. The Balaban J connectivity index is 1.31. The Hall–Kier alpha value is -3.40. The summed E-state index contributed by atoms with van der Waals surface area (Å²) in [6.07, 6.45) is 3.71. The number of alkyl halides is 2. The number of aryl methyl sites for hydroxylation is 2. The zero-order valence-electron chi connectivity index (χ0n) is 20.9. The first-order valence-electron chi connectivity index (χ1n) is 12.9. The molecule has 3 heterocycles. The first-order chi connectivity index (χ1) is 18.0. The van der Waals surface area contributed by atoms with Crippen LogP contribution in [0.1, 0.15) is 43.4 Å². The lowest BCUT2D eigenvalue weighted by atomic mass is 10.1. The number of hydrogen-bond acceptors (Lipinski definition) is 7. The molecule has 4 rings (SSSR count). The monoisotopic (exact) mass is 512 g/mol. The van der Waals surface area contributed by atoms with Crippen LogP contribution >= 0.6 is 0 Å². The van der Waals surface area contributed by atoms with Gasteiger partial charge in [-0.05, 0) is 68.8 Å². The van der Waals surface area contributed by atoms with Gasteiger partial charge in [0.15, 0.2) is 0 Å². The molecular formula is C27H34F2N6O2. The fourth-order valence-corrected chi connectivity index (χ4v) is 4.62. The highest BCUT2D eigenvalue weighted by Crippen LogP contribution is 2.21. The number of para-hydroxylation sites is 1. The molecule has 0 amide bonds. The van der Waals surface area contributed by atoms with Crippen molar-refractivity contribution in [2.45, 2.75) is 57.4 Å². The van der Waals surface area contributed by atoms with E-state index in [4.69, 9.17) is 4.98 Å². The van der Waals surface area contributed by atoms with Crippen molar-refractivity contribution < 1.29 is 18.7 Å². The molecule has 2 aromatic heterocycles. The zero-order chi connectivity index (χ0) is 26.0. The van der Waals surface area contributed by atoms with Crippen molar-refractivity contribution in [3.05, 3.63) is 54.0 Å². The fraction of sp³-hybridized carbons (Fsp3) is 0.481. The number of anilines is 2. The average Bonchev–Trinajstić information content (AvgIpc) is 2.91. The maximum absolute atomic E-state index is 12.9. The van der Waals surface area contributed by atoms with E-state index in [1.54, 1.807) is 0 Å². The number of nitrogens with zero attached hydrogens (tertiary/aromatic N) is 4. The molecule has 198 valence electrons. The third-order valence-electron chi connectivity index (χ3n) is 6.66. The molecule has 0 saturated carbocycles. The molecule has 0 radical (unpaired) electrons. The Kier molecular flexibility index (Phi) is 9.53. The third-order valence-corrected chi connectivity index (χ3v) is 6.66. The normalized spacial score (nSPS) is 13.9. The average molecular weight is 513 g/mol. The van der Waals surface area contributed by atoms with Gasteiger partial charge in [0, 0.05) is 37.1 Å². The molecule has 1 aromatic carbocycles. The first kappa shape index (κ1) is 26.7. The van der Waals surface area contributed by atoms with Gasteiger partial charge < -0.3 is 20.6 Å². The summed E-state index contributed by atoms with van der Waals surface area (Å²) in [6.45, 7) is 2.18. The van der Waals surface area contributed by atoms with Gasteiger partial charge in [-0.2, -0.15) is 0 Å². The molecule has 0 unspecified atom stereocenters. The number of benzene rings is 1. The maximum atomic E-state index is 12.9. The predicted octanol–water partition coefficient (Wildman–Crippen LogP) is 4.62. The summed E-state index contributed by atoms with van der Waals surface area (Å²) in [7, 11) is 0. The Morgan fingerprint density at radius 1 is 1.08 bits per heavy atom. The summed E-state index contributed by atoms with van der Waals surface area (Å²) in [5.41, 5.74) is 3.00. The lowest BCUT2D eigenvalue weighted by molar-refractivity contribution is -0.138. The third kappa shape index (κ3) is 7.79. The topological polar surface area (TPSA) is 103 Å². The molecule has 3 aromatic rings. The molecular weight excluding hydrogens is 478 g/mol. The quantitative estimate of drug-likeness (QED) is 0.269. The number of carbonyl (C=O) groups is 1. The number of hydrogen-bond donors (Lipinski definition) is 3. The highest BCUT2D eigenvalue weighted by Gasteiger charge is 2.21. The zero-order valence-corrected chi connectivity index (χ0v) is 20.9. The van der Waals surface area contributed by atoms with E-state index in [1.807, 2.05) is 29.2 Å². The minimum atomic E-state index is -2.39. The molecule has 0 spiro atoms. The van der Waals surface area contributed by atoms with Crippen molar-refractivity contribution >= 4 is 28.5 Å². The van der Waals surface area contributed by atoms with Crippen LogP contribution in [0.2, 0.25) is 0 Å². The van der Waals surface area contributed by atoms with Crippen molar-refractivity contribution in [3.63, 3.8) is 0 Å². The number of aliphatic carboxylic acids is 1. The van der Waals surface area contributed by atoms with E-state index < -0.39 is 18.4 Å². The van der Waals surface area contributed by atoms with Crippen molar-refractivity contribution in [1.29, 1.82) is 0 Å². The molecule has 0 aliphatic carbocycles. The number of fused-ring (bicyclic) bond motifs is 2. The number of pyridine rings is 1. The van der Waals surface area contributed by atoms with Gasteiger partial charge in [-0.1, -0.05) is 18.2 Å². The van der Waals surface area contributed by atoms with Crippen LogP contribution in [0.3, 0.4) is 0 Å². The highest BCUT2D eigenvalue weighted by molar-refractivity contribution is 5.90. The fourth-order valence-electron chi connectivity index (χ4n) is 4.62. The van der Waals surface area contributed by atoms with E-state index in [1.165, 1.54) is 11.9 Å². The predicted molar refractivity (Wildman–Crippen MR) is 140 cm³/mol. The van der Waals surface area contributed by atoms with Crippen LogP contribution in [0, 0.1) is 0 Å². The highest BCUT2D eigenvalue weighted by atomic mass is 19.3. The van der Waals surface area contributed by atoms with Crippen LogP contribution in [0.5, 0.6) is 0 Å². The molecule has 1 aliphatic heterocycles. The van der Waals surface area contributed by atoms with Gasteiger partial charge in [0.2, 0.25) is 6.43 Å². The van der Waals surface area contributed by atoms with Gasteiger partial charge in [0.25, 0.3) is 0 Å². The molecule has 1 aliphatic rings. The van der Waals surface area contributed by atoms with Crippen LogP contribution in [-0.4, -0.2) is 69.6 Å². The van der Waals surface area contributed by atoms with Gasteiger partial charge in [-0.25, -0.2) is 28.5 Å². The van der Waals surface area contributed by atoms with E-state index in [9.17, 15) is 18.7 Å². The molecule has 1 atom stereocenters. The SMILES string of the molecule is O=C(O)[C@H](CCN(CCCCc1ccc2c(n1)NCCC2)CCC(F)F)Nc1ncnc2ccccc12. The van der Waals surface area contributed by atoms with Crippen molar-refractivity contribution in [1.82, 2.24) is 19.9 Å². The standard InChI is InChI=1S/C27H34F2N6O2/c28-24(29)13-17-35(15-4-3-7-20-11-10-19-6-5-14-30-25(19)33-20)16-12-23(27(36)37)34-26-21-8-1-2-9-22(21)31-18-32-26/h1-2,8-11,18,23-24H,3-7,12-17H2,(H,30,33)(H,36,37)(H,31,32,34)/t23-/m0/s1. The molecule has 0 fully saturated rings. The van der Waals surface area contributed by atoms with Crippen LogP contribution < -0.4 is 10.6 Å². The second-order valence-corrected chi connectivity index (χ2v) is 9.38. The van der Waals surface area contributed by atoms with E-state index in [0.29, 0.717) is 24.4 Å². The smallest absolute Gasteiger partial charge is 0.326 e. The van der Waals surface area contributed by atoms with E-state index in [2.05, 4.69) is 32.7 Å². The summed E-state index contributed by atoms with van der Waals surface area (Å²) in [4.78, 5) is 27.1. The summed E-state index contributed by atoms with van der Waals surface area (Å²) < 4.78 is 25.9. The first-order valence-corrected chi connectivity index (χ1v) is 12.9. The van der Waals surface area contributed by atoms with Gasteiger partial charge >= 0.3 is 5.97 Å². The summed E-state index contributed by atoms with van der Waals surface area (Å²) in [5, 5.41) is 16.9. The van der Waals surface area contributed by atoms with Crippen LogP contribution in [0.4, 0.5) is 20.4 Å². The molecule has 10 heteroatoms. The van der Waals surface area contributed by atoms with E-state index in [0.717, 1.165) is 55.5 Å². The maximum Gasteiger partial charge on any atom is 0.326 e. The number of carboxylic acids is 1. The lowest BCUT2D eigenvalue weighted by Crippen LogP contribution is -2.36. The molecule has 37 heavy (non-hydrogen) atoms. The van der Waals surface area contributed by atoms with Crippen molar-refractivity contribution in [2.24, 2.45) is 0 Å².